The quantitative estimate of drug-likeness (QED) is 0.179. The Bertz CT molecular complexity index is 1500. The van der Waals surface area contributed by atoms with Crippen LogP contribution in [0.25, 0.3) is 0 Å². The van der Waals surface area contributed by atoms with Crippen molar-refractivity contribution in [3.05, 3.63) is 56.6 Å². The van der Waals surface area contributed by atoms with Crippen LogP contribution >= 0.6 is 0 Å². The summed E-state index contributed by atoms with van der Waals surface area (Å²) in [5, 5.41) is 23.1. The van der Waals surface area contributed by atoms with Crippen LogP contribution < -0.4 is 9.47 Å². The Kier molecular flexibility index (Phi) is 10.0. The first-order valence-corrected chi connectivity index (χ1v) is 14.4. The van der Waals surface area contributed by atoms with Crippen LogP contribution in [0.4, 0.5) is 28.9 Å². The molecule has 1 atom stereocenters. The second kappa shape index (κ2) is 12.9. The molecular weight excluding hydrogens is 610 g/mol. The van der Waals surface area contributed by atoms with Gasteiger partial charge in [-0.2, -0.15) is 17.6 Å². The highest BCUT2D eigenvalue weighted by Crippen LogP contribution is 2.34. The van der Waals surface area contributed by atoms with Crippen LogP contribution in [-0.4, -0.2) is 88.7 Å². The van der Waals surface area contributed by atoms with Crippen molar-refractivity contribution in [2.45, 2.75) is 27.4 Å². The third-order valence-electron chi connectivity index (χ3n) is 5.66. The summed E-state index contributed by atoms with van der Waals surface area (Å²) in [4.78, 5) is 20.7. The van der Waals surface area contributed by atoms with E-state index < -0.39 is 86.4 Å². The number of ether oxygens (including phenoxy) is 3. The molecule has 0 saturated carbocycles. The van der Waals surface area contributed by atoms with E-state index in [0.717, 1.165) is 12.1 Å². The van der Waals surface area contributed by atoms with Crippen LogP contribution in [0.1, 0.15) is 0 Å². The summed E-state index contributed by atoms with van der Waals surface area (Å²) in [6.45, 7) is 0.831. The Morgan fingerprint density at radius 3 is 1.76 bits per heavy atom. The van der Waals surface area contributed by atoms with Crippen molar-refractivity contribution in [2.75, 3.05) is 39.5 Å². The van der Waals surface area contributed by atoms with Gasteiger partial charge in [0.2, 0.25) is 19.7 Å². The van der Waals surface area contributed by atoms with E-state index >= 15 is 0 Å². The number of nitro groups is 2. The van der Waals surface area contributed by atoms with Crippen molar-refractivity contribution in [1.82, 2.24) is 4.90 Å². The summed E-state index contributed by atoms with van der Waals surface area (Å²) < 4.78 is 115. The van der Waals surface area contributed by atoms with E-state index in [-0.39, 0.29) is 6.54 Å². The Labute approximate surface area is 229 Å². The minimum absolute atomic E-state index is 0.0107. The number of alkyl halides is 4. The fourth-order valence-electron chi connectivity index (χ4n) is 3.62. The van der Waals surface area contributed by atoms with Gasteiger partial charge in [-0.15, -0.1) is 0 Å². The number of rotatable bonds is 13. The normalized spacial score (nSPS) is 15.6. The molecule has 0 spiro atoms. The Balaban J connectivity index is 1.93. The van der Waals surface area contributed by atoms with Gasteiger partial charge < -0.3 is 14.2 Å². The van der Waals surface area contributed by atoms with Gasteiger partial charge in [-0.05, 0) is 24.3 Å². The predicted molar refractivity (Wildman–Crippen MR) is 130 cm³/mol. The second-order valence-corrected chi connectivity index (χ2v) is 12.2. The molecule has 0 aliphatic carbocycles. The summed E-state index contributed by atoms with van der Waals surface area (Å²) in [6, 6.07) is 3.73. The van der Waals surface area contributed by atoms with Crippen LogP contribution in [0.5, 0.6) is 11.5 Å². The smallest absolute Gasteiger partial charge is 0.341 e. The van der Waals surface area contributed by atoms with Gasteiger partial charge in [-0.25, -0.2) is 16.8 Å². The van der Waals surface area contributed by atoms with E-state index in [4.69, 9.17) is 14.2 Å². The summed E-state index contributed by atoms with van der Waals surface area (Å²) in [5.74, 6) is -8.74. The summed E-state index contributed by atoms with van der Waals surface area (Å²) in [6.07, 6.45) is -1.16. The molecule has 2 aromatic carbocycles. The van der Waals surface area contributed by atoms with Gasteiger partial charge in [0.15, 0.2) is 11.5 Å². The third-order valence-corrected chi connectivity index (χ3v) is 8.42. The number of sulfone groups is 2. The highest BCUT2D eigenvalue weighted by atomic mass is 32.2. The summed E-state index contributed by atoms with van der Waals surface area (Å²) in [7, 11) is -10.3. The number of hydrogen-bond acceptors (Lipinski definition) is 12. The van der Waals surface area contributed by atoms with Crippen molar-refractivity contribution in [2.24, 2.45) is 0 Å². The number of hydrogen-bond donors (Lipinski definition) is 0. The van der Waals surface area contributed by atoms with E-state index in [1.54, 1.807) is 4.90 Å². The SMILES string of the molecule is O=[N+]([O-])c1cc(S(=O)(=O)C(F)F)ccc1OCC(CN1CCOCC1)Oc1ccc(S(=O)(=O)C(F)F)cc1[N+](=O)[O-]. The topological polar surface area (TPSA) is 185 Å². The van der Waals surface area contributed by atoms with Crippen LogP contribution in [0.3, 0.4) is 0 Å². The maximum Gasteiger partial charge on any atom is 0.341 e. The molecule has 0 N–H and O–H groups in total. The molecule has 1 unspecified atom stereocenters. The van der Waals surface area contributed by atoms with Gasteiger partial charge in [-0.1, -0.05) is 0 Å². The first kappa shape index (κ1) is 31.9. The fourth-order valence-corrected chi connectivity index (χ4v) is 5.10. The van der Waals surface area contributed by atoms with Crippen molar-refractivity contribution in [3.8, 4) is 11.5 Å². The number of morpholine rings is 1. The number of halogens is 4. The van der Waals surface area contributed by atoms with Crippen molar-refractivity contribution in [3.63, 3.8) is 0 Å². The van der Waals surface area contributed by atoms with Crippen molar-refractivity contribution < 1.29 is 58.5 Å². The maximum absolute atomic E-state index is 12.9. The lowest BCUT2D eigenvalue weighted by Gasteiger charge is -2.30. The van der Waals surface area contributed by atoms with E-state index in [1.807, 2.05) is 0 Å². The molecule has 0 amide bonds. The largest absolute Gasteiger partial charge is 0.483 e. The van der Waals surface area contributed by atoms with Crippen molar-refractivity contribution >= 4 is 31.0 Å². The highest BCUT2D eigenvalue weighted by Gasteiger charge is 2.32. The van der Waals surface area contributed by atoms with E-state index in [0.29, 0.717) is 50.6 Å². The lowest BCUT2D eigenvalue weighted by molar-refractivity contribution is -0.386. The van der Waals surface area contributed by atoms with Gasteiger partial charge in [0.1, 0.15) is 12.7 Å². The zero-order chi connectivity index (χ0) is 30.5. The van der Waals surface area contributed by atoms with Crippen LogP contribution in [-0.2, 0) is 24.4 Å². The average molecular weight is 632 g/mol. The van der Waals surface area contributed by atoms with Crippen molar-refractivity contribution in [1.29, 1.82) is 0 Å². The molecule has 1 aliphatic rings. The molecule has 1 heterocycles. The zero-order valence-corrected chi connectivity index (χ0v) is 22.2. The van der Waals surface area contributed by atoms with Gasteiger partial charge >= 0.3 is 22.9 Å². The molecule has 1 aliphatic heterocycles. The molecule has 0 bridgehead atoms. The monoisotopic (exact) mass is 631 g/mol. The van der Waals surface area contributed by atoms with Gasteiger partial charge in [0, 0.05) is 31.8 Å². The van der Waals surface area contributed by atoms with Gasteiger partial charge in [0.05, 0.1) is 32.9 Å². The summed E-state index contributed by atoms with van der Waals surface area (Å²) >= 11 is 0. The second-order valence-electron chi connectivity index (χ2n) is 8.35. The minimum atomic E-state index is -5.17. The average Bonchev–Trinajstić information content (AvgIpc) is 2.91. The fraction of sp³-hybridized carbons (Fsp3) is 0.429. The number of nitrogens with zero attached hydrogens (tertiary/aromatic N) is 3. The lowest BCUT2D eigenvalue weighted by atomic mass is 10.2. The molecular formula is C21H21F4N3O11S2. The lowest BCUT2D eigenvalue weighted by Crippen LogP contribution is -2.44. The van der Waals surface area contributed by atoms with E-state index in [1.165, 1.54) is 0 Å². The number of benzene rings is 2. The molecule has 0 aromatic heterocycles. The minimum Gasteiger partial charge on any atom is -0.483 e. The van der Waals surface area contributed by atoms with Crippen LogP contribution in [0.15, 0.2) is 46.2 Å². The summed E-state index contributed by atoms with van der Waals surface area (Å²) in [5.41, 5.74) is -1.93. The van der Waals surface area contributed by atoms with Gasteiger partial charge in [0.25, 0.3) is 0 Å². The standard InChI is InChI=1S/C21H21F4N3O11S2/c22-20(23)40(33,34)14-1-3-18(16(9-14)27(29)30)38-12-13(11-26-5-7-37-8-6-26)39-19-4-2-15(10-17(19)28(31)32)41(35,36)21(24)25/h1-4,9-10,13,20-21H,5-8,11-12H2. The first-order valence-electron chi connectivity index (χ1n) is 11.3. The van der Waals surface area contributed by atoms with Gasteiger partial charge in [-0.3, -0.25) is 25.1 Å². The molecule has 41 heavy (non-hydrogen) atoms. The Hall–Kier alpha value is -3.62. The Morgan fingerprint density at radius 2 is 1.29 bits per heavy atom. The van der Waals surface area contributed by atoms with Crippen LogP contribution in [0, 0.1) is 20.2 Å². The molecule has 3 rings (SSSR count). The third kappa shape index (κ3) is 7.57. The maximum atomic E-state index is 12.9. The molecule has 2 aromatic rings. The van der Waals surface area contributed by atoms with Crippen LogP contribution in [0.2, 0.25) is 0 Å². The molecule has 0 radical (unpaired) electrons. The van der Waals surface area contributed by atoms with E-state index in [9.17, 15) is 54.6 Å². The molecule has 1 fully saturated rings. The zero-order valence-electron chi connectivity index (χ0n) is 20.6. The molecule has 14 nitrogen and oxygen atoms in total. The molecule has 1 saturated heterocycles. The predicted octanol–water partition coefficient (Wildman–Crippen LogP) is 2.65. The molecule has 226 valence electrons. The molecule has 20 heteroatoms. The first-order chi connectivity index (χ1) is 19.1. The Morgan fingerprint density at radius 1 is 0.829 bits per heavy atom. The van der Waals surface area contributed by atoms with E-state index in [2.05, 4.69) is 0 Å². The highest BCUT2D eigenvalue weighted by molar-refractivity contribution is 7.92. The number of nitro benzene ring substituents is 2.